The summed E-state index contributed by atoms with van der Waals surface area (Å²) in [5.74, 6) is 0.143. The number of para-hydroxylation sites is 1. The average Bonchev–Trinajstić information content (AvgIpc) is 3.20. The minimum atomic E-state index is 0.00319. The van der Waals surface area contributed by atoms with Crippen molar-refractivity contribution >= 4 is 23.2 Å². The van der Waals surface area contributed by atoms with E-state index >= 15 is 0 Å². The minimum Gasteiger partial charge on any atom is -0.312 e. The van der Waals surface area contributed by atoms with Crippen LogP contribution in [-0.2, 0) is 11.2 Å². The molecule has 0 saturated carbocycles. The molecule has 2 aliphatic rings. The molecule has 0 bridgehead atoms. The number of hydrogen-bond donors (Lipinski definition) is 0. The van der Waals surface area contributed by atoms with Crippen molar-refractivity contribution in [2.24, 2.45) is 0 Å². The van der Waals surface area contributed by atoms with Crippen molar-refractivity contribution in [3.63, 3.8) is 0 Å². The third kappa shape index (κ3) is 2.40. The number of amides is 2. The monoisotopic (exact) mass is 306 g/mol. The van der Waals surface area contributed by atoms with E-state index in [0.717, 1.165) is 30.8 Å². The summed E-state index contributed by atoms with van der Waals surface area (Å²) in [7, 11) is 0. The predicted octanol–water partition coefficient (Wildman–Crippen LogP) is 3.02. The van der Waals surface area contributed by atoms with Gasteiger partial charge in [-0.2, -0.15) is 0 Å². The van der Waals surface area contributed by atoms with Crippen LogP contribution in [0.25, 0.3) is 0 Å². The molecule has 0 atom stereocenters. The number of rotatable bonds is 2. The first kappa shape index (κ1) is 14.0. The van der Waals surface area contributed by atoms with Crippen molar-refractivity contribution in [2.45, 2.75) is 19.3 Å². The Balaban J connectivity index is 1.64. The SMILES string of the molecule is O=C1CCCN1c1cccc(C(=O)N2CCc3ccccc32)c1. The average molecular weight is 306 g/mol. The lowest BCUT2D eigenvalue weighted by Gasteiger charge is -2.20. The Morgan fingerprint density at radius 2 is 1.83 bits per heavy atom. The molecule has 0 radical (unpaired) electrons. The van der Waals surface area contributed by atoms with E-state index in [1.807, 2.05) is 47.4 Å². The Labute approximate surface area is 135 Å². The van der Waals surface area contributed by atoms with Gasteiger partial charge in [0.1, 0.15) is 0 Å². The maximum absolute atomic E-state index is 12.9. The quantitative estimate of drug-likeness (QED) is 0.855. The maximum Gasteiger partial charge on any atom is 0.258 e. The first-order valence-electron chi connectivity index (χ1n) is 8.04. The highest BCUT2D eigenvalue weighted by atomic mass is 16.2. The summed E-state index contributed by atoms with van der Waals surface area (Å²) < 4.78 is 0. The Hall–Kier alpha value is -2.62. The van der Waals surface area contributed by atoms with Crippen molar-refractivity contribution in [3.8, 4) is 0 Å². The first-order valence-corrected chi connectivity index (χ1v) is 8.04. The zero-order chi connectivity index (χ0) is 15.8. The fourth-order valence-corrected chi connectivity index (χ4v) is 3.43. The lowest BCUT2D eigenvalue weighted by atomic mass is 10.1. The molecule has 4 nitrogen and oxygen atoms in total. The molecule has 1 saturated heterocycles. The standard InChI is InChI=1S/C19H18N2O2/c22-18-9-4-11-20(18)16-7-3-6-15(13-16)19(23)21-12-10-14-5-1-2-8-17(14)21/h1-3,5-8,13H,4,9-12H2. The molecule has 0 spiro atoms. The van der Waals surface area contributed by atoms with Gasteiger partial charge >= 0.3 is 0 Å². The molecule has 2 aromatic carbocycles. The highest BCUT2D eigenvalue weighted by molar-refractivity contribution is 6.08. The lowest BCUT2D eigenvalue weighted by molar-refractivity contribution is -0.117. The van der Waals surface area contributed by atoms with Crippen LogP contribution in [0.5, 0.6) is 0 Å². The highest BCUT2D eigenvalue weighted by Gasteiger charge is 2.26. The van der Waals surface area contributed by atoms with E-state index in [9.17, 15) is 9.59 Å². The molecular weight excluding hydrogens is 288 g/mol. The van der Waals surface area contributed by atoms with Gasteiger partial charge in [-0.15, -0.1) is 0 Å². The molecule has 0 unspecified atom stereocenters. The van der Waals surface area contributed by atoms with Crippen molar-refractivity contribution < 1.29 is 9.59 Å². The van der Waals surface area contributed by atoms with Crippen molar-refractivity contribution in [1.29, 1.82) is 0 Å². The number of nitrogens with zero attached hydrogens (tertiary/aromatic N) is 2. The number of carbonyl (C=O) groups is 2. The van der Waals surface area contributed by atoms with Gasteiger partial charge in [-0.1, -0.05) is 24.3 Å². The van der Waals surface area contributed by atoms with Gasteiger partial charge < -0.3 is 9.80 Å². The van der Waals surface area contributed by atoms with Crippen LogP contribution in [0, 0.1) is 0 Å². The van der Waals surface area contributed by atoms with Crippen LogP contribution < -0.4 is 9.80 Å². The van der Waals surface area contributed by atoms with Gasteiger partial charge in [-0.25, -0.2) is 0 Å². The summed E-state index contributed by atoms with van der Waals surface area (Å²) in [6.07, 6.45) is 2.38. The Bertz CT molecular complexity index is 784. The van der Waals surface area contributed by atoms with E-state index in [2.05, 4.69) is 6.07 Å². The van der Waals surface area contributed by atoms with Crippen LogP contribution >= 0.6 is 0 Å². The zero-order valence-corrected chi connectivity index (χ0v) is 12.9. The van der Waals surface area contributed by atoms with E-state index in [1.165, 1.54) is 5.56 Å². The zero-order valence-electron chi connectivity index (χ0n) is 12.9. The molecule has 0 aliphatic carbocycles. The van der Waals surface area contributed by atoms with E-state index < -0.39 is 0 Å². The molecule has 116 valence electrons. The molecule has 23 heavy (non-hydrogen) atoms. The Kier molecular flexibility index (Phi) is 3.37. The second-order valence-electron chi connectivity index (χ2n) is 6.03. The smallest absolute Gasteiger partial charge is 0.258 e. The van der Waals surface area contributed by atoms with E-state index in [-0.39, 0.29) is 11.8 Å². The first-order chi connectivity index (χ1) is 11.2. The molecular formula is C19H18N2O2. The number of carbonyl (C=O) groups excluding carboxylic acids is 2. The van der Waals surface area contributed by atoms with Gasteiger partial charge in [0.15, 0.2) is 0 Å². The summed E-state index contributed by atoms with van der Waals surface area (Å²) in [5, 5.41) is 0. The van der Waals surface area contributed by atoms with Crippen molar-refractivity contribution in [2.75, 3.05) is 22.9 Å². The van der Waals surface area contributed by atoms with E-state index in [0.29, 0.717) is 18.5 Å². The Morgan fingerprint density at radius 1 is 0.957 bits per heavy atom. The summed E-state index contributed by atoms with van der Waals surface area (Å²) in [4.78, 5) is 28.4. The number of anilines is 2. The van der Waals surface area contributed by atoms with Gasteiger partial charge in [-0.3, -0.25) is 9.59 Å². The summed E-state index contributed by atoms with van der Waals surface area (Å²) in [6.45, 7) is 1.45. The van der Waals surface area contributed by atoms with Crippen LogP contribution in [0.4, 0.5) is 11.4 Å². The van der Waals surface area contributed by atoms with Crippen molar-refractivity contribution in [3.05, 3.63) is 59.7 Å². The molecule has 2 aliphatic heterocycles. The number of hydrogen-bond acceptors (Lipinski definition) is 2. The van der Waals surface area contributed by atoms with Crippen molar-refractivity contribution in [1.82, 2.24) is 0 Å². The number of benzene rings is 2. The topological polar surface area (TPSA) is 40.6 Å². The summed E-state index contributed by atoms with van der Waals surface area (Å²) >= 11 is 0. The minimum absolute atomic E-state index is 0.00319. The maximum atomic E-state index is 12.9. The van der Waals surface area contributed by atoms with Crippen LogP contribution in [0.1, 0.15) is 28.8 Å². The molecule has 1 fully saturated rings. The summed E-state index contributed by atoms with van der Waals surface area (Å²) in [5.41, 5.74) is 3.68. The molecule has 2 heterocycles. The molecule has 2 amide bonds. The van der Waals surface area contributed by atoms with Crippen LogP contribution in [0.3, 0.4) is 0 Å². The van der Waals surface area contributed by atoms with Gasteiger partial charge in [0.25, 0.3) is 5.91 Å². The summed E-state index contributed by atoms with van der Waals surface area (Å²) in [6, 6.07) is 15.5. The van der Waals surface area contributed by atoms with E-state index in [1.54, 1.807) is 4.90 Å². The molecule has 4 rings (SSSR count). The largest absolute Gasteiger partial charge is 0.312 e. The molecule has 0 N–H and O–H groups in total. The lowest BCUT2D eigenvalue weighted by Crippen LogP contribution is -2.29. The van der Waals surface area contributed by atoms with E-state index in [4.69, 9.17) is 0 Å². The molecule has 2 aromatic rings. The van der Waals surface area contributed by atoms with Gasteiger partial charge in [0.2, 0.25) is 5.91 Å². The van der Waals surface area contributed by atoms with Crippen LogP contribution in [0.2, 0.25) is 0 Å². The third-order valence-corrected chi connectivity index (χ3v) is 4.61. The van der Waals surface area contributed by atoms with Crippen LogP contribution in [0.15, 0.2) is 48.5 Å². The number of fused-ring (bicyclic) bond motifs is 1. The Morgan fingerprint density at radius 3 is 2.65 bits per heavy atom. The molecule has 4 heteroatoms. The van der Waals surface area contributed by atoms with Gasteiger partial charge in [0.05, 0.1) is 0 Å². The van der Waals surface area contributed by atoms with Gasteiger partial charge in [-0.05, 0) is 42.7 Å². The predicted molar refractivity (Wildman–Crippen MR) is 89.9 cm³/mol. The molecule has 0 aromatic heterocycles. The third-order valence-electron chi connectivity index (χ3n) is 4.61. The van der Waals surface area contributed by atoms with Gasteiger partial charge in [0, 0.05) is 36.4 Å². The van der Waals surface area contributed by atoms with Crippen LogP contribution in [-0.4, -0.2) is 24.9 Å². The fraction of sp³-hybridized carbons (Fsp3) is 0.263. The normalized spacial score (nSPS) is 16.8. The second-order valence-corrected chi connectivity index (χ2v) is 6.03. The highest BCUT2D eigenvalue weighted by Crippen LogP contribution is 2.30. The fourth-order valence-electron chi connectivity index (χ4n) is 3.43. The second kappa shape index (κ2) is 5.54.